The van der Waals surface area contributed by atoms with Crippen molar-refractivity contribution in [2.45, 2.75) is 41.5 Å². The second-order valence-corrected chi connectivity index (χ2v) is 3.63. The van der Waals surface area contributed by atoms with Crippen molar-refractivity contribution >= 4 is 24.3 Å². The first kappa shape index (κ1) is 24.9. The summed E-state index contributed by atoms with van der Waals surface area (Å²) in [6.07, 6.45) is 11.4. The van der Waals surface area contributed by atoms with Gasteiger partial charge in [0.1, 0.15) is 0 Å². The molecule has 22 heavy (non-hydrogen) atoms. The van der Waals surface area contributed by atoms with E-state index in [4.69, 9.17) is 0 Å². The molecule has 0 bridgehead atoms. The highest BCUT2D eigenvalue weighted by Crippen LogP contribution is 2.21. The highest BCUT2D eigenvalue weighted by Gasteiger charge is 2.01. The minimum absolute atomic E-state index is 1.09. The first-order valence-corrected chi connectivity index (χ1v) is 7.93. The molecule has 0 spiro atoms. The lowest BCUT2D eigenvalue weighted by molar-refractivity contribution is 1.50. The molecule has 1 aromatic carbocycles. The number of rotatable bonds is 4. The molecule has 0 aromatic heterocycles. The van der Waals surface area contributed by atoms with Gasteiger partial charge in [-0.25, -0.2) is 0 Å². The van der Waals surface area contributed by atoms with Crippen molar-refractivity contribution in [3.8, 4) is 0 Å². The summed E-state index contributed by atoms with van der Waals surface area (Å²) in [5.41, 5.74) is 4.47. The molecule has 0 fully saturated rings. The van der Waals surface area contributed by atoms with Gasteiger partial charge >= 0.3 is 0 Å². The normalized spacial score (nSPS) is 8.09. The van der Waals surface area contributed by atoms with Crippen LogP contribution in [0.4, 0.5) is 0 Å². The standard InChI is InChI=1S/C15H16.C3H6.2C2H6/c1-5-9-15-11-13(7-3)12(6-2)10-14(15)8-4;1-3-2;2*1-2/h5-11H,2-4H2,1H3;3H,1H2,2H3;2*1-2H3/b9-5-;;;. The van der Waals surface area contributed by atoms with Gasteiger partial charge in [0.15, 0.2) is 0 Å². The van der Waals surface area contributed by atoms with Crippen LogP contribution in [0.1, 0.15) is 63.8 Å². The maximum absolute atomic E-state index is 3.81. The lowest BCUT2D eigenvalue weighted by Crippen LogP contribution is -1.87. The van der Waals surface area contributed by atoms with Crippen molar-refractivity contribution in [1.29, 1.82) is 0 Å². The van der Waals surface area contributed by atoms with Crippen LogP contribution in [-0.4, -0.2) is 0 Å². The van der Waals surface area contributed by atoms with Crippen LogP contribution in [0.5, 0.6) is 0 Å². The van der Waals surface area contributed by atoms with E-state index in [9.17, 15) is 0 Å². The van der Waals surface area contributed by atoms with E-state index in [1.54, 1.807) is 6.08 Å². The van der Waals surface area contributed by atoms with E-state index in [-0.39, 0.29) is 0 Å². The number of allylic oxidation sites excluding steroid dienone is 2. The van der Waals surface area contributed by atoms with Gasteiger partial charge in [0.05, 0.1) is 0 Å². The lowest BCUT2D eigenvalue weighted by atomic mass is 9.98. The first-order valence-electron chi connectivity index (χ1n) is 7.93. The molecule has 122 valence electrons. The summed E-state index contributed by atoms with van der Waals surface area (Å²) in [6.45, 7) is 26.7. The Morgan fingerprint density at radius 2 is 0.909 bits per heavy atom. The monoisotopic (exact) mass is 298 g/mol. The van der Waals surface area contributed by atoms with Crippen LogP contribution < -0.4 is 0 Å². The van der Waals surface area contributed by atoms with E-state index in [0.717, 1.165) is 22.3 Å². The molecule has 0 saturated heterocycles. The molecule has 0 amide bonds. The van der Waals surface area contributed by atoms with E-state index in [0.29, 0.717) is 0 Å². The summed E-state index contributed by atoms with van der Waals surface area (Å²) in [4.78, 5) is 0. The average molecular weight is 299 g/mol. The molecule has 0 heterocycles. The van der Waals surface area contributed by atoms with Crippen molar-refractivity contribution in [2.24, 2.45) is 0 Å². The van der Waals surface area contributed by atoms with Crippen LogP contribution >= 0.6 is 0 Å². The second kappa shape index (κ2) is 18.9. The SMILES string of the molecule is C=CC.C=Cc1cc(C=C)c(/C=C\C)cc1C=C.CC.CC. The summed E-state index contributed by atoms with van der Waals surface area (Å²) in [5, 5.41) is 0. The van der Waals surface area contributed by atoms with Crippen molar-refractivity contribution in [1.82, 2.24) is 0 Å². The predicted octanol–water partition coefficient (Wildman–Crippen LogP) is 7.89. The summed E-state index contributed by atoms with van der Waals surface area (Å²) in [7, 11) is 0. The van der Waals surface area contributed by atoms with Gasteiger partial charge in [-0.2, -0.15) is 0 Å². The molecule has 0 nitrogen and oxygen atoms in total. The maximum Gasteiger partial charge on any atom is -0.0181 e. The Bertz CT molecular complexity index is 459. The molecule has 1 rings (SSSR count). The number of hydrogen-bond donors (Lipinski definition) is 0. The quantitative estimate of drug-likeness (QED) is 0.496. The van der Waals surface area contributed by atoms with Crippen molar-refractivity contribution in [3.63, 3.8) is 0 Å². The predicted molar refractivity (Wildman–Crippen MR) is 110 cm³/mol. The lowest BCUT2D eigenvalue weighted by Gasteiger charge is -2.07. The van der Waals surface area contributed by atoms with Gasteiger partial charge in [-0.05, 0) is 48.2 Å². The molecular formula is C22H34. The second-order valence-electron chi connectivity index (χ2n) is 3.63. The molecule has 0 aliphatic rings. The zero-order chi connectivity index (χ0) is 18.0. The molecule has 0 heteroatoms. The van der Waals surface area contributed by atoms with Gasteiger partial charge in [0.2, 0.25) is 0 Å². The van der Waals surface area contributed by atoms with E-state index < -0.39 is 0 Å². The third kappa shape index (κ3) is 9.77. The fourth-order valence-corrected chi connectivity index (χ4v) is 1.52. The largest absolute Gasteiger partial charge is 0.103 e. The van der Waals surface area contributed by atoms with Crippen molar-refractivity contribution < 1.29 is 0 Å². The highest BCUT2D eigenvalue weighted by atomic mass is 14.1. The van der Waals surface area contributed by atoms with Gasteiger partial charge in [-0.3, -0.25) is 0 Å². The number of hydrogen-bond acceptors (Lipinski definition) is 0. The third-order valence-corrected chi connectivity index (χ3v) is 2.29. The van der Waals surface area contributed by atoms with Gasteiger partial charge in [-0.15, -0.1) is 6.58 Å². The molecule has 0 aliphatic carbocycles. The van der Waals surface area contributed by atoms with Crippen LogP contribution in [0.15, 0.2) is 50.6 Å². The molecular weight excluding hydrogens is 264 g/mol. The Labute approximate surface area is 139 Å². The van der Waals surface area contributed by atoms with E-state index in [1.807, 2.05) is 65.8 Å². The van der Waals surface area contributed by atoms with Crippen LogP contribution in [0, 0.1) is 0 Å². The maximum atomic E-state index is 3.81. The zero-order valence-electron chi connectivity index (χ0n) is 15.4. The van der Waals surface area contributed by atoms with Gasteiger partial charge in [-0.1, -0.05) is 83.9 Å². The Hall–Kier alpha value is -2.08. The molecule has 0 N–H and O–H groups in total. The molecule has 0 radical (unpaired) electrons. The molecule has 0 atom stereocenters. The zero-order valence-corrected chi connectivity index (χ0v) is 15.4. The van der Waals surface area contributed by atoms with Gasteiger partial charge < -0.3 is 0 Å². The van der Waals surface area contributed by atoms with E-state index in [2.05, 4.69) is 44.5 Å². The van der Waals surface area contributed by atoms with Crippen molar-refractivity contribution in [3.05, 3.63) is 72.9 Å². The van der Waals surface area contributed by atoms with E-state index >= 15 is 0 Å². The van der Waals surface area contributed by atoms with Crippen LogP contribution in [-0.2, 0) is 0 Å². The fourth-order valence-electron chi connectivity index (χ4n) is 1.52. The third-order valence-electron chi connectivity index (χ3n) is 2.29. The highest BCUT2D eigenvalue weighted by molar-refractivity contribution is 5.74. The van der Waals surface area contributed by atoms with Crippen molar-refractivity contribution in [2.75, 3.05) is 0 Å². The average Bonchev–Trinajstić information content (AvgIpc) is 2.59. The summed E-state index contributed by atoms with van der Waals surface area (Å²) in [5.74, 6) is 0. The minimum atomic E-state index is 1.09. The van der Waals surface area contributed by atoms with Gasteiger partial charge in [0.25, 0.3) is 0 Å². The molecule has 0 saturated carbocycles. The topological polar surface area (TPSA) is 0 Å². The van der Waals surface area contributed by atoms with Gasteiger partial charge in [0, 0.05) is 0 Å². The van der Waals surface area contributed by atoms with E-state index in [1.165, 1.54) is 0 Å². The molecule has 0 aliphatic heterocycles. The summed E-state index contributed by atoms with van der Waals surface area (Å²) in [6, 6.07) is 4.17. The molecule has 0 unspecified atom stereocenters. The smallest absolute Gasteiger partial charge is 0.0181 e. The van der Waals surface area contributed by atoms with Crippen LogP contribution in [0.2, 0.25) is 0 Å². The number of benzene rings is 1. The Morgan fingerprint density at radius 1 is 0.636 bits per heavy atom. The molecule has 1 aromatic rings. The first-order chi connectivity index (χ1) is 10.7. The Balaban J connectivity index is -0.000000446. The Morgan fingerprint density at radius 3 is 1.18 bits per heavy atom. The Kier molecular flexibility index (Phi) is 21.4. The van der Waals surface area contributed by atoms with Crippen LogP contribution in [0.3, 0.4) is 0 Å². The summed E-state index contributed by atoms with van der Waals surface area (Å²) < 4.78 is 0. The summed E-state index contributed by atoms with van der Waals surface area (Å²) >= 11 is 0. The van der Waals surface area contributed by atoms with Crippen LogP contribution in [0.25, 0.3) is 24.3 Å². The minimum Gasteiger partial charge on any atom is -0.103 e. The fraction of sp³-hybridized carbons (Fsp3) is 0.273.